The summed E-state index contributed by atoms with van der Waals surface area (Å²) in [7, 11) is 0. The van der Waals surface area contributed by atoms with E-state index in [0.717, 1.165) is 37.7 Å². The van der Waals surface area contributed by atoms with E-state index in [0.29, 0.717) is 46.8 Å². The third-order valence-corrected chi connectivity index (χ3v) is 14.3. The maximum Gasteiger partial charge on any atom is 0.336 e. The first-order chi connectivity index (χ1) is 19.9. The molecule has 5 aliphatic carbocycles. The molecular weight excluding hydrogens is 533 g/mol. The number of carbonyl (C=O) groups excluding carboxylic acids is 2. The summed E-state index contributed by atoms with van der Waals surface area (Å²) in [6, 6.07) is 1.43. The topological polar surface area (TPSA) is 85.7 Å². The minimum absolute atomic E-state index is 0.111. The highest BCUT2D eigenvalue weighted by Gasteiger charge is 2.95. The number of aliphatic hydroxyl groups is 1. The lowest BCUT2D eigenvalue weighted by Gasteiger charge is -2.62. The summed E-state index contributed by atoms with van der Waals surface area (Å²) < 4.78 is 26.8. The Bertz CT molecular complexity index is 1490. The van der Waals surface area contributed by atoms with Crippen LogP contribution in [0.25, 0.3) is 5.57 Å². The largest absolute Gasteiger partial charge is 0.458 e. The summed E-state index contributed by atoms with van der Waals surface area (Å²) in [6.07, 6.45) is 10.6. The smallest absolute Gasteiger partial charge is 0.336 e. The fourth-order valence-corrected chi connectivity index (χ4v) is 12.5. The molecule has 42 heavy (non-hydrogen) atoms. The zero-order chi connectivity index (χ0) is 29.6. The van der Waals surface area contributed by atoms with Crippen molar-refractivity contribution in [2.75, 3.05) is 6.61 Å². The standard InChI is InChI=1S/C35H42FNO5/c1-17-10-27(41-31(40)23(17)16-38)18(2)24-6-7-25-22-12-28-34(5)35(28)29(42-34)13-21(19-11-20(36)15-37-14-19)30(39)33(35,4)26(22)8-9-32(24,25)3/h11,13-15,18,22,24-29,38H,6-10,12,16H2,1-5H3/t18-,22-,24+,25-,26-,27?,28-,29-,32+,33?,34?,35-/m0/s1. The van der Waals surface area contributed by atoms with Gasteiger partial charge in [-0.05, 0) is 93.1 Å². The quantitative estimate of drug-likeness (QED) is 0.465. The van der Waals surface area contributed by atoms with Gasteiger partial charge in [-0.3, -0.25) is 9.78 Å². The number of aromatic nitrogens is 1. The van der Waals surface area contributed by atoms with Crippen LogP contribution >= 0.6 is 0 Å². The number of pyridine rings is 1. The SMILES string of the molecule is CC1=C(CO)C(=O)OC([C@@H](C)[C@H]2CC[C@H]3[C@@H]4C[C@H]5C6(C)O[C@H]7C=C(c8cncc(F)c8)C(=O)C(C)([C@H]4CC[C@]23C)[C@@]756)C1. The lowest BCUT2D eigenvalue weighted by atomic mass is 9.42. The van der Waals surface area contributed by atoms with E-state index >= 15 is 0 Å². The molecule has 1 N–H and O–H groups in total. The van der Waals surface area contributed by atoms with Crippen LogP contribution in [0.4, 0.5) is 4.39 Å². The minimum Gasteiger partial charge on any atom is -0.458 e. The average Bonchev–Trinajstić information content (AvgIpc) is 3.17. The van der Waals surface area contributed by atoms with Crippen molar-refractivity contribution in [2.45, 2.75) is 91.0 Å². The van der Waals surface area contributed by atoms with E-state index in [9.17, 15) is 19.1 Å². The second kappa shape index (κ2) is 8.41. The monoisotopic (exact) mass is 575 g/mol. The van der Waals surface area contributed by atoms with Crippen molar-refractivity contribution in [3.8, 4) is 0 Å². The van der Waals surface area contributed by atoms with Gasteiger partial charge in [0.25, 0.3) is 0 Å². The molecule has 0 amide bonds. The van der Waals surface area contributed by atoms with Crippen molar-refractivity contribution in [2.24, 2.45) is 51.8 Å². The highest BCUT2D eigenvalue weighted by atomic mass is 19.1. The Morgan fingerprint density at radius 1 is 1.14 bits per heavy atom. The van der Waals surface area contributed by atoms with Crippen molar-refractivity contribution < 1.29 is 28.6 Å². The summed E-state index contributed by atoms with van der Waals surface area (Å²) in [5, 5.41) is 9.64. The Labute approximate surface area is 247 Å². The van der Waals surface area contributed by atoms with Crippen LogP contribution in [0.3, 0.4) is 0 Å². The van der Waals surface area contributed by atoms with Gasteiger partial charge in [0, 0.05) is 40.5 Å². The van der Waals surface area contributed by atoms with Gasteiger partial charge in [-0.15, -0.1) is 0 Å². The summed E-state index contributed by atoms with van der Waals surface area (Å²) in [6.45, 7) is 10.9. The Morgan fingerprint density at radius 2 is 1.93 bits per heavy atom. The first-order valence-electron chi connectivity index (χ1n) is 16.0. The molecule has 0 radical (unpaired) electrons. The highest BCUT2D eigenvalue weighted by Crippen LogP contribution is 2.90. The number of Topliss-reactive ketones (excluding diaryl/α,β-unsaturated/α-hetero) is 1. The van der Waals surface area contributed by atoms with Crippen LogP contribution in [0.1, 0.15) is 78.7 Å². The number of cyclic esters (lactones) is 1. The maximum atomic E-state index is 14.7. The fourth-order valence-electron chi connectivity index (χ4n) is 12.5. The number of allylic oxidation sites excluding steroid dienone is 1. The van der Waals surface area contributed by atoms with Gasteiger partial charge in [0.05, 0.1) is 30.1 Å². The summed E-state index contributed by atoms with van der Waals surface area (Å²) in [5.41, 5.74) is 1.61. The lowest BCUT2D eigenvalue weighted by Crippen LogP contribution is -2.65. The molecule has 0 bridgehead atoms. The molecule has 1 saturated heterocycles. The van der Waals surface area contributed by atoms with Gasteiger partial charge in [-0.1, -0.05) is 26.3 Å². The Balaban J connectivity index is 1.12. The molecule has 1 aromatic heterocycles. The Hall–Kier alpha value is -2.38. The van der Waals surface area contributed by atoms with Gasteiger partial charge in [-0.2, -0.15) is 0 Å². The highest BCUT2D eigenvalue weighted by molar-refractivity contribution is 6.25. The number of rotatable bonds is 4. The van der Waals surface area contributed by atoms with Crippen molar-refractivity contribution in [1.29, 1.82) is 0 Å². The molecule has 2 aliphatic heterocycles. The van der Waals surface area contributed by atoms with Crippen LogP contribution in [0.5, 0.6) is 0 Å². The first kappa shape index (κ1) is 27.2. The molecule has 3 heterocycles. The number of ketones is 1. The maximum absolute atomic E-state index is 14.7. The molecule has 7 heteroatoms. The number of ether oxygens (including phenoxy) is 2. The van der Waals surface area contributed by atoms with E-state index < -0.39 is 11.2 Å². The molecule has 7 aliphatic rings. The number of esters is 1. The molecule has 5 fully saturated rings. The zero-order valence-electron chi connectivity index (χ0n) is 25.3. The summed E-state index contributed by atoms with van der Waals surface area (Å²) in [4.78, 5) is 31.4. The number of hydrogen-bond acceptors (Lipinski definition) is 6. The molecule has 1 spiro atoms. The molecular formula is C35H42FNO5. The Morgan fingerprint density at radius 3 is 2.64 bits per heavy atom. The third-order valence-electron chi connectivity index (χ3n) is 14.3. The van der Waals surface area contributed by atoms with Crippen molar-refractivity contribution in [1.82, 2.24) is 4.98 Å². The van der Waals surface area contributed by atoms with Crippen molar-refractivity contribution in [3.63, 3.8) is 0 Å². The predicted molar refractivity (Wildman–Crippen MR) is 153 cm³/mol. The van der Waals surface area contributed by atoms with E-state index in [1.165, 1.54) is 12.3 Å². The molecule has 0 aromatic carbocycles. The number of hydrogen-bond donors (Lipinski definition) is 1. The van der Waals surface area contributed by atoms with E-state index in [-0.39, 0.29) is 58.8 Å². The summed E-state index contributed by atoms with van der Waals surface area (Å²) >= 11 is 0. The van der Waals surface area contributed by atoms with Crippen LogP contribution in [-0.2, 0) is 19.1 Å². The summed E-state index contributed by atoms with van der Waals surface area (Å²) in [5.74, 6) is 1.55. The molecule has 4 saturated carbocycles. The second-order valence-corrected chi connectivity index (χ2v) is 15.3. The van der Waals surface area contributed by atoms with E-state index in [1.807, 2.05) is 13.0 Å². The normalized spacial score (nSPS) is 49.1. The van der Waals surface area contributed by atoms with Gasteiger partial charge in [0.1, 0.15) is 11.9 Å². The Kier molecular flexibility index (Phi) is 5.44. The van der Waals surface area contributed by atoms with Crippen molar-refractivity contribution >= 4 is 17.3 Å². The molecule has 3 unspecified atom stereocenters. The van der Waals surface area contributed by atoms with Gasteiger partial charge in [0.15, 0.2) is 5.78 Å². The van der Waals surface area contributed by atoms with E-state index in [4.69, 9.17) is 9.47 Å². The van der Waals surface area contributed by atoms with Gasteiger partial charge in [0.2, 0.25) is 0 Å². The molecule has 6 nitrogen and oxygen atoms in total. The predicted octanol–water partition coefficient (Wildman–Crippen LogP) is 5.69. The lowest BCUT2D eigenvalue weighted by molar-refractivity contribution is -0.222. The minimum atomic E-state index is -0.554. The number of halogens is 1. The number of fused-ring (bicyclic) bond motifs is 5. The fraction of sp³-hybridized carbons (Fsp3) is 0.686. The van der Waals surface area contributed by atoms with Crippen LogP contribution in [0.15, 0.2) is 35.7 Å². The molecule has 1 aromatic rings. The molecule has 12 atom stereocenters. The van der Waals surface area contributed by atoms with Gasteiger partial charge < -0.3 is 14.6 Å². The van der Waals surface area contributed by atoms with Crippen LogP contribution in [-0.4, -0.2) is 46.3 Å². The van der Waals surface area contributed by atoms with Gasteiger partial charge >= 0.3 is 5.97 Å². The van der Waals surface area contributed by atoms with E-state index in [2.05, 4.69) is 32.7 Å². The van der Waals surface area contributed by atoms with E-state index in [1.54, 1.807) is 6.20 Å². The van der Waals surface area contributed by atoms with Crippen LogP contribution in [0, 0.1) is 57.6 Å². The average molecular weight is 576 g/mol. The third kappa shape index (κ3) is 2.91. The molecule has 224 valence electrons. The number of nitrogens with zero attached hydrogens (tertiary/aromatic N) is 1. The first-order valence-corrected chi connectivity index (χ1v) is 16.0. The van der Waals surface area contributed by atoms with Crippen LogP contribution < -0.4 is 0 Å². The number of carbonyl (C=O) groups is 2. The second-order valence-electron chi connectivity index (χ2n) is 15.3. The van der Waals surface area contributed by atoms with Gasteiger partial charge in [-0.25, -0.2) is 9.18 Å². The number of aliphatic hydroxyl groups excluding tert-OH is 1. The van der Waals surface area contributed by atoms with Crippen molar-refractivity contribution in [3.05, 3.63) is 47.1 Å². The zero-order valence-corrected chi connectivity index (χ0v) is 25.3. The van der Waals surface area contributed by atoms with Crippen LogP contribution in [0.2, 0.25) is 0 Å². The molecule has 8 rings (SSSR count).